The zero-order valence-corrected chi connectivity index (χ0v) is 61.9. The van der Waals surface area contributed by atoms with E-state index in [2.05, 4.69) is 153 Å². The van der Waals surface area contributed by atoms with Crippen molar-refractivity contribution in [3.8, 4) is 11.5 Å². The van der Waals surface area contributed by atoms with Gasteiger partial charge in [0.2, 0.25) is 0 Å². The molecule has 6 aliphatic rings. The van der Waals surface area contributed by atoms with Crippen LogP contribution in [0.2, 0.25) is 0 Å². The first-order chi connectivity index (χ1) is 36.4. The number of aromatic nitrogens is 6. The number of carbonyl (C=O) groups is 3. The topological polar surface area (TPSA) is 174 Å². The first-order valence-corrected chi connectivity index (χ1v) is 29.1. The van der Waals surface area contributed by atoms with E-state index in [1.807, 2.05) is 24.3 Å². The van der Waals surface area contributed by atoms with E-state index in [1.165, 1.54) is 71.9 Å². The average Bonchev–Trinajstić information content (AvgIpc) is 4.37. The van der Waals surface area contributed by atoms with Crippen molar-refractivity contribution in [3.63, 3.8) is 0 Å². The molecule has 0 saturated heterocycles. The number of ether oxygens (including phenoxy) is 2. The molecule has 18 heteroatoms. The van der Waals surface area contributed by atoms with Gasteiger partial charge in [0, 0.05) is 18.0 Å². The molecule has 0 radical (unpaired) electrons. The predicted molar refractivity (Wildman–Crippen MR) is 295 cm³/mol. The molecule has 398 valence electrons. The standard InChI is InChI=1S/C29H32BrN3O2.C27H30Br2O2.C2H3N3.CH2O3.2Cs.H/c1-29-12-11-21-22(24(29)9-10-25(29)27(34)17-33-14-13-31-32-33)8-7-20-15-28(26(30)16-23(20)21)35-18-19-5-3-2-4-6-19;1-27-12-11-19-20(22(27)9-10-23(27)25(30)15-28)8-7-18-13-26(24(29)14-21(18)19)31-16-17-5-3-2-4-6-17;1-2-4-5-3-1;2-1-4-3;;;/h2-6,13-16,21-22,24-25H,7-12,17-18H2,1H3;2-6,13-14,19-20,22-23H,7-12,15-16H2,1H3;1-2H,(H,3,4,5);1,3H;;;/q;;;;2*+1;-1/p-1/t21-,22+,24-,25+,29-;19-,20+,22-,23+,27-;;;;;/m00...../s1. The molecule has 4 saturated carbocycles. The van der Waals surface area contributed by atoms with Gasteiger partial charge >= 0.3 is 138 Å². The van der Waals surface area contributed by atoms with Gasteiger partial charge in [-0.05, 0) is 213 Å². The van der Waals surface area contributed by atoms with Crippen LogP contribution in [0.15, 0.2) is 119 Å². The number of carbonyl (C=O) groups excluding carboxylic acids is 3. The van der Waals surface area contributed by atoms with Crippen LogP contribution in [-0.2, 0) is 51.9 Å². The predicted octanol–water partition coefficient (Wildman–Crippen LogP) is 6.19. The monoisotopic (exact) mass is 1470 g/mol. The van der Waals surface area contributed by atoms with Crippen molar-refractivity contribution in [2.75, 3.05) is 5.33 Å². The van der Waals surface area contributed by atoms with Crippen LogP contribution in [0.1, 0.15) is 125 Å². The van der Waals surface area contributed by atoms with Crippen molar-refractivity contribution in [2.45, 2.75) is 122 Å². The molecule has 0 amide bonds. The Labute approximate surface area is 597 Å². The largest absolute Gasteiger partial charge is 1.00 e. The number of nitrogens with zero attached hydrogens (tertiary/aromatic N) is 5. The van der Waals surface area contributed by atoms with Crippen LogP contribution in [0.25, 0.3) is 0 Å². The Morgan fingerprint density at radius 3 is 1.57 bits per heavy atom. The summed E-state index contributed by atoms with van der Waals surface area (Å²) in [5, 5.41) is 26.2. The number of hydrogen-bond donors (Lipinski definition) is 1. The number of fused-ring (bicyclic) bond motifs is 10. The molecular weight excluding hydrogens is 1410 g/mol. The van der Waals surface area contributed by atoms with Gasteiger partial charge in [-0.3, -0.25) is 14.4 Å². The average molecular weight is 1480 g/mol. The number of H-pyrrole nitrogens is 1. The van der Waals surface area contributed by atoms with Gasteiger partial charge in [0.05, 0.1) is 32.9 Å². The fraction of sp³-hybridized carbons (Fsp3) is 0.475. The second kappa shape index (κ2) is 30.1. The summed E-state index contributed by atoms with van der Waals surface area (Å²) in [5.74, 6) is 6.90. The molecule has 0 unspecified atom stereocenters. The molecule has 6 aliphatic carbocycles. The fourth-order valence-electron chi connectivity index (χ4n) is 14.7. The maximum Gasteiger partial charge on any atom is 1.00 e. The van der Waals surface area contributed by atoms with E-state index in [1.54, 1.807) is 29.5 Å². The maximum absolute atomic E-state index is 13.3. The van der Waals surface area contributed by atoms with Crippen molar-refractivity contribution < 1.29 is 173 Å². The summed E-state index contributed by atoms with van der Waals surface area (Å²) in [7, 11) is 0. The van der Waals surface area contributed by atoms with E-state index >= 15 is 0 Å². The Morgan fingerprint density at radius 2 is 1.17 bits per heavy atom. The van der Waals surface area contributed by atoms with Crippen molar-refractivity contribution in [2.24, 2.45) is 46.3 Å². The van der Waals surface area contributed by atoms with Crippen molar-refractivity contribution in [1.82, 2.24) is 30.4 Å². The molecular formula is C59H67Br3Cs2N6O7. The summed E-state index contributed by atoms with van der Waals surface area (Å²) in [6.45, 7) is 6.15. The smallest absolute Gasteiger partial charge is 1.00 e. The molecule has 2 heterocycles. The quantitative estimate of drug-likeness (QED) is 0.0641. The van der Waals surface area contributed by atoms with Crippen LogP contribution in [0, 0.1) is 46.3 Å². The van der Waals surface area contributed by atoms with E-state index in [-0.39, 0.29) is 168 Å². The molecule has 10 atom stereocenters. The third-order valence-corrected chi connectivity index (χ3v) is 19.9. The summed E-state index contributed by atoms with van der Waals surface area (Å²) in [5.41, 5.74) is 8.59. The number of nitrogens with one attached hydrogen (secondary N) is 1. The van der Waals surface area contributed by atoms with Gasteiger partial charge in [-0.15, -0.1) is 5.10 Å². The molecule has 77 heavy (non-hydrogen) atoms. The normalized spacial score (nSPS) is 26.7. The molecule has 12 rings (SSSR count). The summed E-state index contributed by atoms with van der Waals surface area (Å²) in [4.78, 5) is 37.1. The molecule has 4 fully saturated rings. The van der Waals surface area contributed by atoms with Gasteiger partial charge in [0.1, 0.15) is 37.0 Å². The number of hydrogen-bond acceptors (Lipinski definition) is 11. The Kier molecular flexibility index (Phi) is 24.8. The number of halogens is 3. The first-order valence-electron chi connectivity index (χ1n) is 26.4. The van der Waals surface area contributed by atoms with E-state index in [0.717, 1.165) is 59.0 Å². The fourth-order valence-corrected chi connectivity index (χ4v) is 16.1. The van der Waals surface area contributed by atoms with Crippen LogP contribution < -0.4 is 153 Å². The number of benzene rings is 4. The molecule has 0 spiro atoms. The Morgan fingerprint density at radius 1 is 0.701 bits per heavy atom. The Hall–Kier alpha value is -0.926. The van der Waals surface area contributed by atoms with E-state index < -0.39 is 0 Å². The van der Waals surface area contributed by atoms with Crippen LogP contribution in [-0.4, -0.2) is 53.8 Å². The molecule has 6 aromatic rings. The van der Waals surface area contributed by atoms with Crippen LogP contribution in [0.4, 0.5) is 0 Å². The first kappa shape index (κ1) is 63.7. The van der Waals surface area contributed by atoms with Gasteiger partial charge in [-0.1, -0.05) is 95.7 Å². The minimum Gasteiger partial charge on any atom is -1.00 e. The third kappa shape index (κ3) is 14.9. The number of aryl methyl sites for hydroxylation is 2. The van der Waals surface area contributed by atoms with E-state index in [9.17, 15) is 9.59 Å². The van der Waals surface area contributed by atoms with Crippen LogP contribution in [0.5, 0.6) is 11.5 Å². The van der Waals surface area contributed by atoms with Crippen LogP contribution >= 0.6 is 47.8 Å². The molecule has 2 aromatic heterocycles. The molecule has 1 N–H and O–H groups in total. The Bertz CT molecular complexity index is 2850. The zero-order chi connectivity index (χ0) is 52.5. The second-order valence-electron chi connectivity index (χ2n) is 21.7. The van der Waals surface area contributed by atoms with E-state index in [4.69, 9.17) is 19.5 Å². The van der Waals surface area contributed by atoms with Gasteiger partial charge in [-0.2, -0.15) is 15.4 Å². The SMILES string of the molecule is C[C@]12CC[C@@H]3c4cc(Br)c(OCc5ccccc5)cc4CC[C@H]3[C@@H]1CC[C@@H]2C(=O)CBr.C[C@]12CC[C@@H]3c4cc(Br)c(OCc5ccccc5)cc4CC[C@H]3[C@@H]1CC[C@@H]2C(=O)Cn1ccnn1.O=CO[O-].[Cs+].[Cs+].[H-].c1cn[nH]n1. The summed E-state index contributed by atoms with van der Waals surface area (Å²) >= 11 is 11.0. The van der Waals surface area contributed by atoms with E-state index in [0.29, 0.717) is 72.2 Å². The number of rotatable bonds is 12. The molecule has 0 aliphatic heterocycles. The number of ketones is 2. The summed E-state index contributed by atoms with van der Waals surface area (Å²) in [6.07, 6.45) is 20.4. The van der Waals surface area contributed by atoms with Crippen molar-refractivity contribution in [1.29, 1.82) is 0 Å². The summed E-state index contributed by atoms with van der Waals surface area (Å²) in [6, 6.07) is 29.9. The second-order valence-corrected chi connectivity index (χ2v) is 24.0. The Balaban J connectivity index is 0.000000212. The number of alkyl halides is 1. The third-order valence-electron chi connectivity index (χ3n) is 18.1. The molecule has 13 nitrogen and oxygen atoms in total. The minimum atomic E-state index is -0.181. The maximum atomic E-state index is 13.3. The van der Waals surface area contributed by atoms with Crippen molar-refractivity contribution >= 4 is 65.8 Å². The van der Waals surface area contributed by atoms with Crippen molar-refractivity contribution in [3.05, 3.63) is 152 Å². The zero-order valence-electron chi connectivity index (χ0n) is 45.6. The van der Waals surface area contributed by atoms with Gasteiger partial charge in [-0.25, -0.2) is 4.68 Å². The molecule has 4 aromatic carbocycles. The van der Waals surface area contributed by atoms with Gasteiger partial charge in [0.25, 0.3) is 6.47 Å². The van der Waals surface area contributed by atoms with Gasteiger partial charge in [0.15, 0.2) is 5.78 Å². The number of aromatic amines is 1. The number of Topliss-reactive ketones (excluding diaryl/α,β-unsaturated/α-hetero) is 2. The minimum absolute atomic E-state index is 0. The van der Waals surface area contributed by atoms with Crippen LogP contribution in [0.3, 0.4) is 0 Å². The molecule has 0 bridgehead atoms. The van der Waals surface area contributed by atoms with Gasteiger partial charge < -0.3 is 21.0 Å². The summed E-state index contributed by atoms with van der Waals surface area (Å²) < 4.78 is 16.2.